The highest BCUT2D eigenvalue weighted by Gasteiger charge is 2.15. The normalized spacial score (nSPS) is 11.7. The number of benzene rings is 1. The molecule has 2 aromatic heterocycles. The Morgan fingerprint density at radius 3 is 2.69 bits per heavy atom. The highest BCUT2D eigenvalue weighted by atomic mass is 35.5. The second kappa shape index (κ2) is 7.75. The molecular weight excluding hydrogens is 413 g/mol. The molecule has 0 unspecified atom stereocenters. The molecule has 0 fully saturated rings. The number of rotatable bonds is 4. The molecule has 2 heterocycles. The maximum absolute atomic E-state index is 12.5. The number of aromatic nitrogens is 1. The fourth-order valence-electron chi connectivity index (χ4n) is 2.38. The van der Waals surface area contributed by atoms with Crippen molar-refractivity contribution in [3.8, 4) is 0 Å². The predicted octanol–water partition coefficient (Wildman–Crippen LogP) is 4.96. The molecule has 3 aromatic rings. The summed E-state index contributed by atoms with van der Waals surface area (Å²) in [6.45, 7) is 5.70. The molecule has 0 aliphatic rings. The van der Waals surface area contributed by atoms with E-state index in [2.05, 4.69) is 16.9 Å². The average Bonchev–Trinajstić information content (AvgIpc) is 3.06. The van der Waals surface area contributed by atoms with E-state index in [-0.39, 0.29) is 11.5 Å². The number of nitrogens with zero attached hydrogens (tertiary/aromatic N) is 2. The molecule has 0 saturated carbocycles. The number of carbonyl (C=O) groups excluding carboxylic acids is 2. The highest BCUT2D eigenvalue weighted by molar-refractivity contribution is 7.20. The highest BCUT2D eigenvalue weighted by Crippen LogP contribution is 2.31. The Labute approximate surface area is 167 Å². The summed E-state index contributed by atoms with van der Waals surface area (Å²) in [7, 11) is 0. The van der Waals surface area contributed by atoms with Gasteiger partial charge in [0, 0.05) is 19.2 Å². The summed E-state index contributed by atoms with van der Waals surface area (Å²) in [4.78, 5) is 28.5. The van der Waals surface area contributed by atoms with E-state index in [4.69, 9.17) is 23.2 Å². The van der Waals surface area contributed by atoms with Crippen LogP contribution in [0, 0.1) is 0 Å². The van der Waals surface area contributed by atoms with Crippen LogP contribution in [0.2, 0.25) is 8.67 Å². The van der Waals surface area contributed by atoms with Gasteiger partial charge in [-0.1, -0.05) is 40.6 Å². The first-order valence-electron chi connectivity index (χ1n) is 7.45. The zero-order valence-electron chi connectivity index (χ0n) is 13.6. The number of amides is 2. The van der Waals surface area contributed by atoms with Crippen molar-refractivity contribution in [1.29, 1.82) is 0 Å². The largest absolute Gasteiger partial charge is 0.326 e. The van der Waals surface area contributed by atoms with Gasteiger partial charge in [-0.3, -0.25) is 9.59 Å². The van der Waals surface area contributed by atoms with E-state index in [9.17, 15) is 9.59 Å². The zero-order valence-corrected chi connectivity index (χ0v) is 16.7. The van der Waals surface area contributed by atoms with Gasteiger partial charge in [-0.15, -0.1) is 17.9 Å². The molecule has 0 saturated heterocycles. The number of allylic oxidation sites excluding steroid dienone is 1. The van der Waals surface area contributed by atoms with Crippen LogP contribution >= 0.6 is 45.9 Å². The summed E-state index contributed by atoms with van der Waals surface area (Å²) < 4.78 is 3.51. The van der Waals surface area contributed by atoms with Gasteiger partial charge >= 0.3 is 0 Å². The molecule has 0 aliphatic carbocycles. The molecule has 9 heteroatoms. The molecule has 0 atom stereocenters. The number of thiazole rings is 1. The number of hydrogen-bond acceptors (Lipinski definition) is 4. The van der Waals surface area contributed by atoms with Crippen molar-refractivity contribution < 1.29 is 9.59 Å². The molecule has 2 amide bonds. The molecule has 0 bridgehead atoms. The first kappa shape index (κ1) is 18.8. The van der Waals surface area contributed by atoms with Gasteiger partial charge < -0.3 is 9.88 Å². The van der Waals surface area contributed by atoms with E-state index in [1.54, 1.807) is 12.1 Å². The predicted molar refractivity (Wildman–Crippen MR) is 109 cm³/mol. The van der Waals surface area contributed by atoms with Gasteiger partial charge in [0.2, 0.25) is 5.91 Å². The van der Waals surface area contributed by atoms with Crippen molar-refractivity contribution in [1.82, 2.24) is 4.57 Å². The smallest absolute Gasteiger partial charge is 0.282 e. The third kappa shape index (κ3) is 3.91. The van der Waals surface area contributed by atoms with Gasteiger partial charge in [0.25, 0.3) is 5.91 Å². The van der Waals surface area contributed by atoms with Crippen molar-refractivity contribution in [2.75, 3.05) is 5.32 Å². The third-order valence-electron chi connectivity index (χ3n) is 3.40. The van der Waals surface area contributed by atoms with Crippen LogP contribution in [0.4, 0.5) is 5.69 Å². The number of carbonyl (C=O) groups is 2. The van der Waals surface area contributed by atoms with Gasteiger partial charge in [0.1, 0.15) is 4.34 Å². The van der Waals surface area contributed by atoms with Crippen LogP contribution in [0.1, 0.15) is 17.3 Å². The average molecular weight is 426 g/mol. The van der Waals surface area contributed by atoms with Gasteiger partial charge in [0.05, 0.1) is 20.1 Å². The lowest BCUT2D eigenvalue weighted by molar-refractivity contribution is -0.114. The summed E-state index contributed by atoms with van der Waals surface area (Å²) in [6.07, 6.45) is 1.73. The zero-order chi connectivity index (χ0) is 18.8. The minimum atomic E-state index is -0.454. The monoisotopic (exact) mass is 425 g/mol. The van der Waals surface area contributed by atoms with Gasteiger partial charge in [-0.25, -0.2) is 0 Å². The van der Waals surface area contributed by atoms with Crippen LogP contribution in [0.3, 0.4) is 0 Å². The molecule has 0 radical (unpaired) electrons. The summed E-state index contributed by atoms with van der Waals surface area (Å²) in [5.41, 5.74) is 1.86. The molecular formula is C17H13Cl2N3O2S2. The molecule has 0 aliphatic heterocycles. The van der Waals surface area contributed by atoms with Crippen LogP contribution in [0.5, 0.6) is 0 Å². The van der Waals surface area contributed by atoms with Gasteiger partial charge in [-0.05, 0) is 24.3 Å². The van der Waals surface area contributed by atoms with E-state index in [0.29, 0.717) is 25.7 Å². The summed E-state index contributed by atoms with van der Waals surface area (Å²) in [5, 5.41) is 2.74. The summed E-state index contributed by atoms with van der Waals surface area (Å²) >= 11 is 14.4. The number of halogens is 2. The van der Waals surface area contributed by atoms with Crippen molar-refractivity contribution in [3.63, 3.8) is 0 Å². The summed E-state index contributed by atoms with van der Waals surface area (Å²) in [5.74, 6) is -0.603. The van der Waals surface area contributed by atoms with Crippen molar-refractivity contribution in [2.45, 2.75) is 13.5 Å². The lowest BCUT2D eigenvalue weighted by Gasteiger charge is -2.03. The van der Waals surface area contributed by atoms with E-state index in [1.165, 1.54) is 24.3 Å². The van der Waals surface area contributed by atoms with Crippen LogP contribution in [-0.4, -0.2) is 16.4 Å². The molecule has 1 aromatic carbocycles. The van der Waals surface area contributed by atoms with Crippen LogP contribution in [0.15, 0.2) is 41.9 Å². The van der Waals surface area contributed by atoms with E-state index >= 15 is 0 Å². The summed E-state index contributed by atoms with van der Waals surface area (Å²) in [6, 6.07) is 7.04. The number of anilines is 1. The lowest BCUT2D eigenvalue weighted by Crippen LogP contribution is -2.16. The Balaban J connectivity index is 2.12. The van der Waals surface area contributed by atoms with Crippen LogP contribution < -0.4 is 10.1 Å². The number of thiophene rings is 1. The molecule has 0 spiro atoms. The number of fused-ring (bicyclic) bond motifs is 1. The molecule has 134 valence electrons. The standard InChI is InChI=1S/C17H13Cl2N3O2S2/c1-3-6-22-12-5-4-10(20-9(2)23)7-13(12)25-17(22)21-16(24)11-8-14(18)26-15(11)19/h3-5,7-8H,1,6H2,2H3,(H,20,23). The van der Waals surface area contributed by atoms with Crippen molar-refractivity contribution >= 4 is 73.6 Å². The molecule has 1 N–H and O–H groups in total. The Bertz CT molecular complexity index is 1100. The fourth-order valence-corrected chi connectivity index (χ4v) is 4.90. The quantitative estimate of drug-likeness (QED) is 0.600. The number of nitrogens with one attached hydrogen (secondary N) is 1. The third-order valence-corrected chi connectivity index (χ3v) is 5.93. The molecule has 3 rings (SSSR count). The van der Waals surface area contributed by atoms with E-state index in [1.807, 2.05) is 16.7 Å². The first-order valence-corrected chi connectivity index (χ1v) is 9.83. The van der Waals surface area contributed by atoms with Crippen LogP contribution in [0.25, 0.3) is 10.2 Å². The Kier molecular flexibility index (Phi) is 5.62. The maximum Gasteiger partial charge on any atom is 0.282 e. The molecule has 5 nitrogen and oxygen atoms in total. The van der Waals surface area contributed by atoms with Crippen molar-refractivity contribution in [3.05, 3.63) is 56.0 Å². The van der Waals surface area contributed by atoms with E-state index in [0.717, 1.165) is 21.6 Å². The van der Waals surface area contributed by atoms with Crippen LogP contribution in [-0.2, 0) is 11.3 Å². The fraction of sp³-hybridized carbons (Fsp3) is 0.118. The van der Waals surface area contributed by atoms with Gasteiger partial charge in [0.15, 0.2) is 4.80 Å². The molecule has 26 heavy (non-hydrogen) atoms. The first-order chi connectivity index (χ1) is 12.4. The lowest BCUT2D eigenvalue weighted by atomic mass is 10.3. The Morgan fingerprint density at radius 1 is 1.31 bits per heavy atom. The van der Waals surface area contributed by atoms with Gasteiger partial charge in [-0.2, -0.15) is 4.99 Å². The SMILES string of the molecule is C=CCn1c(=NC(=O)c2cc(Cl)sc2Cl)sc2cc(NC(C)=O)ccc21. The minimum Gasteiger partial charge on any atom is -0.326 e. The van der Waals surface area contributed by atoms with E-state index < -0.39 is 5.91 Å². The second-order valence-corrected chi connectivity index (χ2v) is 8.60. The second-order valence-electron chi connectivity index (χ2n) is 5.30. The Hall–Kier alpha value is -1.93. The Morgan fingerprint density at radius 2 is 2.08 bits per heavy atom. The van der Waals surface area contributed by atoms with Crippen molar-refractivity contribution in [2.24, 2.45) is 4.99 Å². The number of hydrogen-bond donors (Lipinski definition) is 1. The minimum absolute atomic E-state index is 0.149. The topological polar surface area (TPSA) is 63.5 Å². The maximum atomic E-state index is 12.5.